The molecule has 0 unspecified atom stereocenters. The van der Waals surface area contributed by atoms with Crippen LogP contribution in [0.5, 0.6) is 0 Å². The summed E-state index contributed by atoms with van der Waals surface area (Å²) in [4.78, 5) is 16.8. The normalized spacial score (nSPS) is 10.9. The van der Waals surface area contributed by atoms with Crippen LogP contribution < -0.4 is 5.56 Å². The van der Waals surface area contributed by atoms with Crippen LogP contribution >= 0.6 is 22.6 Å². The summed E-state index contributed by atoms with van der Waals surface area (Å²) in [6.07, 6.45) is 3.56. The number of benzene rings is 2. The molecule has 3 nitrogen and oxygen atoms in total. The third kappa shape index (κ3) is 3.32. The van der Waals surface area contributed by atoms with Gasteiger partial charge in [0.05, 0.1) is 17.2 Å². The Morgan fingerprint density at radius 3 is 2.71 bits per heavy atom. The Balaban J connectivity index is 1.78. The highest BCUT2D eigenvalue weighted by molar-refractivity contribution is 14.1. The SMILES string of the molecule is O=c1c2cc(I)ccc2ncn1CCCc1ccccc1. The number of halogens is 1. The molecule has 106 valence electrons. The topological polar surface area (TPSA) is 34.9 Å². The Bertz CT molecular complexity index is 812. The summed E-state index contributed by atoms with van der Waals surface area (Å²) in [6, 6.07) is 16.1. The maximum Gasteiger partial charge on any atom is 0.261 e. The number of nitrogens with zero attached hydrogens (tertiary/aromatic N) is 2. The molecule has 0 spiro atoms. The quantitative estimate of drug-likeness (QED) is 0.638. The van der Waals surface area contributed by atoms with E-state index in [1.807, 2.05) is 36.4 Å². The van der Waals surface area contributed by atoms with Gasteiger partial charge in [0.1, 0.15) is 0 Å². The van der Waals surface area contributed by atoms with Crippen LogP contribution in [0.4, 0.5) is 0 Å². The molecular formula is C17H15IN2O. The van der Waals surface area contributed by atoms with Gasteiger partial charge in [0.25, 0.3) is 5.56 Å². The van der Waals surface area contributed by atoms with Crippen molar-refractivity contribution in [3.63, 3.8) is 0 Å². The van der Waals surface area contributed by atoms with Crippen molar-refractivity contribution in [2.75, 3.05) is 0 Å². The highest BCUT2D eigenvalue weighted by Crippen LogP contribution is 2.12. The van der Waals surface area contributed by atoms with Gasteiger partial charge in [0.2, 0.25) is 0 Å². The zero-order valence-corrected chi connectivity index (χ0v) is 13.7. The van der Waals surface area contributed by atoms with Gasteiger partial charge in [0, 0.05) is 10.1 Å². The lowest BCUT2D eigenvalue weighted by Crippen LogP contribution is -2.21. The van der Waals surface area contributed by atoms with E-state index in [1.54, 1.807) is 10.9 Å². The maximum absolute atomic E-state index is 12.4. The molecule has 0 saturated carbocycles. The molecule has 0 radical (unpaired) electrons. The summed E-state index contributed by atoms with van der Waals surface area (Å²) in [6.45, 7) is 0.697. The van der Waals surface area contributed by atoms with E-state index in [1.165, 1.54) is 5.56 Å². The largest absolute Gasteiger partial charge is 0.299 e. The van der Waals surface area contributed by atoms with Crippen LogP contribution in [0, 0.1) is 3.57 Å². The molecule has 4 heteroatoms. The van der Waals surface area contributed by atoms with Gasteiger partial charge in [0.15, 0.2) is 0 Å². The minimum absolute atomic E-state index is 0.0478. The van der Waals surface area contributed by atoms with E-state index in [9.17, 15) is 4.79 Å². The summed E-state index contributed by atoms with van der Waals surface area (Å²) >= 11 is 2.22. The fourth-order valence-electron chi connectivity index (χ4n) is 2.39. The molecule has 1 aromatic heterocycles. The van der Waals surface area contributed by atoms with Crippen LogP contribution in [0.1, 0.15) is 12.0 Å². The molecule has 3 rings (SSSR count). The van der Waals surface area contributed by atoms with Crippen molar-refractivity contribution in [1.29, 1.82) is 0 Å². The molecule has 0 amide bonds. The van der Waals surface area contributed by atoms with Crippen LogP contribution in [0.25, 0.3) is 10.9 Å². The Morgan fingerprint density at radius 2 is 1.90 bits per heavy atom. The lowest BCUT2D eigenvalue weighted by atomic mass is 10.1. The van der Waals surface area contributed by atoms with Gasteiger partial charge in [-0.05, 0) is 59.2 Å². The average Bonchev–Trinajstić information content (AvgIpc) is 2.51. The van der Waals surface area contributed by atoms with Crippen molar-refractivity contribution in [3.05, 3.63) is 74.3 Å². The van der Waals surface area contributed by atoms with E-state index in [0.29, 0.717) is 11.9 Å². The molecule has 21 heavy (non-hydrogen) atoms. The molecule has 0 fully saturated rings. The van der Waals surface area contributed by atoms with Crippen molar-refractivity contribution in [2.45, 2.75) is 19.4 Å². The number of aromatic nitrogens is 2. The second-order valence-electron chi connectivity index (χ2n) is 4.99. The van der Waals surface area contributed by atoms with E-state index >= 15 is 0 Å². The molecule has 0 aliphatic heterocycles. The predicted molar refractivity (Wildman–Crippen MR) is 93.5 cm³/mol. The number of aryl methyl sites for hydroxylation is 2. The molecule has 0 aliphatic rings. The zero-order chi connectivity index (χ0) is 14.7. The first-order chi connectivity index (χ1) is 10.2. The Labute approximate surface area is 136 Å². The van der Waals surface area contributed by atoms with Crippen LogP contribution in [0.15, 0.2) is 59.7 Å². The minimum atomic E-state index is 0.0478. The molecule has 2 aromatic carbocycles. The molecule has 0 aliphatic carbocycles. The molecule has 0 saturated heterocycles. The van der Waals surface area contributed by atoms with Gasteiger partial charge < -0.3 is 0 Å². The van der Waals surface area contributed by atoms with E-state index in [0.717, 1.165) is 21.9 Å². The first-order valence-electron chi connectivity index (χ1n) is 6.93. The first kappa shape index (κ1) is 14.3. The second kappa shape index (κ2) is 6.39. The van der Waals surface area contributed by atoms with Gasteiger partial charge in [-0.1, -0.05) is 30.3 Å². The monoisotopic (exact) mass is 390 g/mol. The number of hydrogen-bond acceptors (Lipinski definition) is 2. The molecule has 0 atom stereocenters. The predicted octanol–water partition coefficient (Wildman–Crippen LogP) is 3.63. The van der Waals surface area contributed by atoms with Crippen molar-refractivity contribution < 1.29 is 0 Å². The van der Waals surface area contributed by atoms with Crippen LogP contribution in [0.3, 0.4) is 0 Å². The van der Waals surface area contributed by atoms with Crippen molar-refractivity contribution in [3.8, 4) is 0 Å². The molecule has 1 heterocycles. The van der Waals surface area contributed by atoms with E-state index < -0.39 is 0 Å². The average molecular weight is 390 g/mol. The van der Waals surface area contributed by atoms with Gasteiger partial charge in [-0.25, -0.2) is 4.98 Å². The van der Waals surface area contributed by atoms with Crippen LogP contribution in [0.2, 0.25) is 0 Å². The van der Waals surface area contributed by atoms with Crippen molar-refractivity contribution in [1.82, 2.24) is 9.55 Å². The van der Waals surface area contributed by atoms with E-state index in [2.05, 4.69) is 39.7 Å². The number of rotatable bonds is 4. The second-order valence-corrected chi connectivity index (χ2v) is 6.24. The highest BCUT2D eigenvalue weighted by Gasteiger charge is 2.04. The van der Waals surface area contributed by atoms with Gasteiger partial charge in [-0.2, -0.15) is 0 Å². The van der Waals surface area contributed by atoms with Crippen LogP contribution in [-0.2, 0) is 13.0 Å². The first-order valence-corrected chi connectivity index (χ1v) is 8.00. The number of hydrogen-bond donors (Lipinski definition) is 0. The third-order valence-corrected chi connectivity index (χ3v) is 4.16. The fraction of sp³-hybridized carbons (Fsp3) is 0.176. The van der Waals surface area contributed by atoms with Gasteiger partial charge in [-0.15, -0.1) is 0 Å². The number of fused-ring (bicyclic) bond motifs is 1. The lowest BCUT2D eigenvalue weighted by molar-refractivity contribution is 0.617. The molecule has 0 bridgehead atoms. The summed E-state index contributed by atoms with van der Waals surface area (Å²) in [5.41, 5.74) is 2.11. The standard InChI is InChI=1S/C17H15IN2O/c18-14-8-9-16-15(11-14)17(21)20(12-19-16)10-4-7-13-5-2-1-3-6-13/h1-3,5-6,8-9,11-12H,4,7,10H2. The van der Waals surface area contributed by atoms with E-state index in [-0.39, 0.29) is 5.56 Å². The maximum atomic E-state index is 12.4. The van der Waals surface area contributed by atoms with E-state index in [4.69, 9.17) is 0 Å². The van der Waals surface area contributed by atoms with Crippen LogP contribution in [-0.4, -0.2) is 9.55 Å². The van der Waals surface area contributed by atoms with Crippen molar-refractivity contribution >= 4 is 33.5 Å². The zero-order valence-electron chi connectivity index (χ0n) is 11.5. The third-order valence-electron chi connectivity index (χ3n) is 3.49. The minimum Gasteiger partial charge on any atom is -0.299 e. The summed E-state index contributed by atoms with van der Waals surface area (Å²) in [5, 5.41) is 0.698. The Morgan fingerprint density at radius 1 is 1.10 bits per heavy atom. The lowest BCUT2D eigenvalue weighted by Gasteiger charge is -2.07. The highest BCUT2D eigenvalue weighted by atomic mass is 127. The molecular weight excluding hydrogens is 375 g/mol. The summed E-state index contributed by atoms with van der Waals surface area (Å²) in [7, 11) is 0. The van der Waals surface area contributed by atoms with Crippen molar-refractivity contribution in [2.24, 2.45) is 0 Å². The Hall–Kier alpha value is -1.69. The molecule has 0 N–H and O–H groups in total. The van der Waals surface area contributed by atoms with Gasteiger partial charge >= 0.3 is 0 Å². The Kier molecular flexibility index (Phi) is 4.34. The fourth-order valence-corrected chi connectivity index (χ4v) is 2.88. The smallest absolute Gasteiger partial charge is 0.261 e. The summed E-state index contributed by atoms with van der Waals surface area (Å²) in [5.74, 6) is 0. The summed E-state index contributed by atoms with van der Waals surface area (Å²) < 4.78 is 2.77. The molecule has 3 aromatic rings. The van der Waals surface area contributed by atoms with Gasteiger partial charge in [-0.3, -0.25) is 9.36 Å².